The van der Waals surface area contributed by atoms with Crippen LogP contribution in [-0.4, -0.2) is 37.0 Å². The number of rotatable bonds is 3. The van der Waals surface area contributed by atoms with Gasteiger partial charge in [0, 0.05) is 24.0 Å². The summed E-state index contributed by atoms with van der Waals surface area (Å²) in [5.74, 6) is 0.275. The van der Waals surface area contributed by atoms with E-state index in [0.29, 0.717) is 12.5 Å². The summed E-state index contributed by atoms with van der Waals surface area (Å²) in [5.41, 5.74) is 0. The molecule has 0 bridgehead atoms. The summed E-state index contributed by atoms with van der Waals surface area (Å²) in [6.45, 7) is 1.80. The Morgan fingerprint density at radius 2 is 2.31 bits per heavy atom. The van der Waals surface area contributed by atoms with Crippen LogP contribution in [0.4, 0.5) is 0 Å². The van der Waals surface area contributed by atoms with Crippen molar-refractivity contribution in [3.63, 3.8) is 0 Å². The summed E-state index contributed by atoms with van der Waals surface area (Å²) in [5, 5.41) is 5.30. The maximum Gasteiger partial charge on any atom is 0.227 e. The summed E-state index contributed by atoms with van der Waals surface area (Å²) in [7, 11) is 1.99. The number of likely N-dealkylation sites (tertiary alicyclic amines) is 1. The standard InChI is InChI=1S/C12H18N2OS/c1-13-10-4-6-14(7-5-10)12(15)9-11-3-2-8-16-11/h2-3,8,10,13H,4-7,9H2,1H3. The molecule has 0 aromatic carbocycles. The van der Waals surface area contributed by atoms with Gasteiger partial charge in [-0.1, -0.05) is 6.07 Å². The molecular formula is C12H18N2OS. The van der Waals surface area contributed by atoms with Crippen LogP contribution >= 0.6 is 11.3 Å². The van der Waals surface area contributed by atoms with E-state index in [-0.39, 0.29) is 5.91 Å². The molecule has 1 N–H and O–H groups in total. The topological polar surface area (TPSA) is 32.3 Å². The number of carbonyl (C=O) groups is 1. The zero-order chi connectivity index (χ0) is 11.4. The first-order valence-electron chi connectivity index (χ1n) is 5.77. The molecule has 4 heteroatoms. The fraction of sp³-hybridized carbons (Fsp3) is 0.583. The van der Waals surface area contributed by atoms with Crippen molar-refractivity contribution >= 4 is 17.2 Å². The molecule has 3 nitrogen and oxygen atoms in total. The molecule has 0 spiro atoms. The highest BCUT2D eigenvalue weighted by Gasteiger charge is 2.21. The molecule has 1 saturated heterocycles. The Morgan fingerprint density at radius 1 is 1.56 bits per heavy atom. The summed E-state index contributed by atoms with van der Waals surface area (Å²) in [6.07, 6.45) is 2.72. The lowest BCUT2D eigenvalue weighted by molar-refractivity contribution is -0.131. The quantitative estimate of drug-likeness (QED) is 0.865. The second-order valence-corrected chi connectivity index (χ2v) is 5.23. The van der Waals surface area contributed by atoms with Gasteiger partial charge in [-0.2, -0.15) is 0 Å². The van der Waals surface area contributed by atoms with E-state index in [4.69, 9.17) is 0 Å². The van der Waals surface area contributed by atoms with E-state index in [9.17, 15) is 4.79 Å². The van der Waals surface area contributed by atoms with Gasteiger partial charge in [0.1, 0.15) is 0 Å². The fourth-order valence-corrected chi connectivity index (χ4v) is 2.79. The first-order valence-corrected chi connectivity index (χ1v) is 6.65. The van der Waals surface area contributed by atoms with Crippen molar-refractivity contribution in [2.75, 3.05) is 20.1 Å². The number of piperidine rings is 1. The van der Waals surface area contributed by atoms with Crippen LogP contribution in [0.3, 0.4) is 0 Å². The summed E-state index contributed by atoms with van der Waals surface area (Å²) in [6, 6.07) is 4.62. The summed E-state index contributed by atoms with van der Waals surface area (Å²) >= 11 is 1.66. The van der Waals surface area contributed by atoms with Gasteiger partial charge < -0.3 is 10.2 Å². The zero-order valence-electron chi connectivity index (χ0n) is 9.61. The molecule has 1 aliphatic rings. The van der Waals surface area contributed by atoms with Gasteiger partial charge in [-0.05, 0) is 31.3 Å². The van der Waals surface area contributed by atoms with E-state index in [0.717, 1.165) is 25.9 Å². The average molecular weight is 238 g/mol. The molecule has 0 aliphatic carbocycles. The molecule has 1 aromatic heterocycles. The predicted octanol–water partition coefficient (Wildman–Crippen LogP) is 1.50. The third-order valence-electron chi connectivity index (χ3n) is 3.16. The van der Waals surface area contributed by atoms with Crippen LogP contribution in [0.1, 0.15) is 17.7 Å². The molecule has 1 amide bonds. The molecular weight excluding hydrogens is 220 g/mol. The number of hydrogen-bond acceptors (Lipinski definition) is 3. The predicted molar refractivity (Wildman–Crippen MR) is 66.7 cm³/mol. The number of hydrogen-bond donors (Lipinski definition) is 1. The van der Waals surface area contributed by atoms with Gasteiger partial charge in [0.25, 0.3) is 0 Å². The van der Waals surface area contributed by atoms with Crippen molar-refractivity contribution in [2.24, 2.45) is 0 Å². The Balaban J connectivity index is 1.82. The van der Waals surface area contributed by atoms with Crippen molar-refractivity contribution in [1.29, 1.82) is 0 Å². The minimum absolute atomic E-state index is 0.275. The van der Waals surface area contributed by atoms with Gasteiger partial charge in [0.05, 0.1) is 6.42 Å². The van der Waals surface area contributed by atoms with Gasteiger partial charge in [-0.3, -0.25) is 4.79 Å². The largest absolute Gasteiger partial charge is 0.342 e. The Kier molecular flexibility index (Phi) is 3.96. The summed E-state index contributed by atoms with van der Waals surface area (Å²) < 4.78 is 0. The average Bonchev–Trinajstić information content (AvgIpc) is 2.82. The van der Waals surface area contributed by atoms with E-state index in [1.807, 2.05) is 29.5 Å². The highest BCUT2D eigenvalue weighted by atomic mass is 32.1. The van der Waals surface area contributed by atoms with Gasteiger partial charge >= 0.3 is 0 Å². The molecule has 0 unspecified atom stereocenters. The third-order valence-corrected chi connectivity index (χ3v) is 4.04. The molecule has 0 atom stereocenters. The highest BCUT2D eigenvalue weighted by Crippen LogP contribution is 2.14. The minimum atomic E-state index is 0.275. The molecule has 0 radical (unpaired) electrons. The van der Waals surface area contributed by atoms with Crippen LogP contribution in [0, 0.1) is 0 Å². The SMILES string of the molecule is CNC1CCN(C(=O)Cc2cccs2)CC1. The highest BCUT2D eigenvalue weighted by molar-refractivity contribution is 7.10. The van der Waals surface area contributed by atoms with Crippen LogP contribution in [-0.2, 0) is 11.2 Å². The van der Waals surface area contributed by atoms with Crippen molar-refractivity contribution in [3.05, 3.63) is 22.4 Å². The van der Waals surface area contributed by atoms with Gasteiger partial charge in [-0.15, -0.1) is 11.3 Å². The lowest BCUT2D eigenvalue weighted by atomic mass is 10.1. The Bertz CT molecular complexity index is 329. The number of nitrogens with one attached hydrogen (secondary N) is 1. The fourth-order valence-electron chi connectivity index (χ4n) is 2.09. The van der Waals surface area contributed by atoms with Gasteiger partial charge in [-0.25, -0.2) is 0 Å². The van der Waals surface area contributed by atoms with E-state index < -0.39 is 0 Å². The number of amides is 1. The Labute approximate surface area is 100 Å². The van der Waals surface area contributed by atoms with E-state index >= 15 is 0 Å². The third kappa shape index (κ3) is 2.83. The van der Waals surface area contributed by atoms with E-state index in [1.54, 1.807) is 11.3 Å². The van der Waals surface area contributed by atoms with Crippen molar-refractivity contribution < 1.29 is 4.79 Å². The molecule has 1 aromatic rings. The molecule has 2 rings (SSSR count). The molecule has 16 heavy (non-hydrogen) atoms. The molecule has 88 valence electrons. The van der Waals surface area contributed by atoms with Crippen LogP contribution in [0.5, 0.6) is 0 Å². The van der Waals surface area contributed by atoms with E-state index in [1.165, 1.54) is 4.88 Å². The molecule has 0 saturated carbocycles. The second-order valence-electron chi connectivity index (χ2n) is 4.20. The van der Waals surface area contributed by atoms with Crippen molar-refractivity contribution in [1.82, 2.24) is 10.2 Å². The van der Waals surface area contributed by atoms with Crippen LogP contribution in [0.25, 0.3) is 0 Å². The van der Waals surface area contributed by atoms with Crippen LogP contribution < -0.4 is 5.32 Å². The van der Waals surface area contributed by atoms with Crippen LogP contribution in [0.2, 0.25) is 0 Å². The van der Waals surface area contributed by atoms with Gasteiger partial charge in [0.15, 0.2) is 0 Å². The van der Waals surface area contributed by atoms with Crippen molar-refractivity contribution in [3.8, 4) is 0 Å². The first-order chi connectivity index (χ1) is 7.79. The lowest BCUT2D eigenvalue weighted by Gasteiger charge is -2.31. The molecule has 2 heterocycles. The van der Waals surface area contributed by atoms with Gasteiger partial charge in [0.2, 0.25) is 5.91 Å². The number of carbonyl (C=O) groups excluding carboxylic acids is 1. The number of thiophene rings is 1. The number of nitrogens with zero attached hydrogens (tertiary/aromatic N) is 1. The molecule has 1 fully saturated rings. The normalized spacial score (nSPS) is 17.7. The second kappa shape index (κ2) is 5.46. The van der Waals surface area contributed by atoms with E-state index in [2.05, 4.69) is 5.32 Å². The molecule has 1 aliphatic heterocycles. The Morgan fingerprint density at radius 3 is 2.88 bits per heavy atom. The minimum Gasteiger partial charge on any atom is -0.342 e. The first kappa shape index (κ1) is 11.6. The maximum atomic E-state index is 12.0. The monoisotopic (exact) mass is 238 g/mol. The summed E-state index contributed by atoms with van der Waals surface area (Å²) in [4.78, 5) is 15.1. The smallest absolute Gasteiger partial charge is 0.227 e. The van der Waals surface area contributed by atoms with Crippen molar-refractivity contribution in [2.45, 2.75) is 25.3 Å². The zero-order valence-corrected chi connectivity index (χ0v) is 10.4. The van der Waals surface area contributed by atoms with Crippen LogP contribution in [0.15, 0.2) is 17.5 Å². The maximum absolute atomic E-state index is 12.0. The lowest BCUT2D eigenvalue weighted by Crippen LogP contribution is -2.44. The Hall–Kier alpha value is -0.870.